The second kappa shape index (κ2) is 6.38. The Bertz CT molecular complexity index is 385. The molecule has 1 aromatic rings. The molecule has 0 amide bonds. The quantitative estimate of drug-likeness (QED) is 0.907. The van der Waals surface area contributed by atoms with Crippen molar-refractivity contribution in [2.45, 2.75) is 51.5 Å². The number of aryl methyl sites for hydroxylation is 2. The largest absolute Gasteiger partial charge is 0.381 e. The summed E-state index contributed by atoms with van der Waals surface area (Å²) in [5.41, 5.74) is 1.64. The molecular formula is C16H25NOS. The van der Waals surface area contributed by atoms with Crippen LogP contribution in [0, 0.1) is 5.92 Å². The Morgan fingerprint density at radius 1 is 1.32 bits per heavy atom. The Morgan fingerprint density at radius 3 is 2.84 bits per heavy atom. The highest BCUT2D eigenvalue weighted by atomic mass is 32.1. The minimum absolute atomic E-state index is 0.560. The van der Waals surface area contributed by atoms with Gasteiger partial charge in [0.1, 0.15) is 0 Å². The number of thiophene rings is 1. The Balaban J connectivity index is 1.80. The smallest absolute Gasteiger partial charge is 0.0469 e. The summed E-state index contributed by atoms with van der Waals surface area (Å²) in [6.07, 6.45) is 7.80. The summed E-state index contributed by atoms with van der Waals surface area (Å²) in [5, 5.41) is 3.73. The summed E-state index contributed by atoms with van der Waals surface area (Å²) < 4.78 is 5.52. The van der Waals surface area contributed by atoms with Gasteiger partial charge in [-0.2, -0.15) is 0 Å². The summed E-state index contributed by atoms with van der Waals surface area (Å²) in [5.74, 6) is 0.758. The lowest BCUT2D eigenvalue weighted by Gasteiger charge is -2.30. The van der Waals surface area contributed by atoms with Crippen LogP contribution >= 0.6 is 11.3 Å². The van der Waals surface area contributed by atoms with E-state index in [0.717, 1.165) is 25.7 Å². The summed E-state index contributed by atoms with van der Waals surface area (Å²) >= 11 is 2.07. The summed E-state index contributed by atoms with van der Waals surface area (Å²) in [4.78, 5) is 3.25. The van der Waals surface area contributed by atoms with E-state index >= 15 is 0 Å². The lowest BCUT2D eigenvalue weighted by Crippen LogP contribution is -2.31. The fourth-order valence-electron chi connectivity index (χ4n) is 3.44. The van der Waals surface area contributed by atoms with E-state index in [-0.39, 0.29) is 0 Å². The molecule has 0 aromatic carbocycles. The van der Waals surface area contributed by atoms with Crippen LogP contribution in [0.5, 0.6) is 0 Å². The van der Waals surface area contributed by atoms with Gasteiger partial charge in [-0.05, 0) is 62.6 Å². The van der Waals surface area contributed by atoms with Crippen molar-refractivity contribution in [3.8, 4) is 0 Å². The molecule has 2 aliphatic rings. The van der Waals surface area contributed by atoms with Crippen LogP contribution in [0.1, 0.15) is 54.0 Å². The second-order valence-corrected chi connectivity index (χ2v) is 6.96. The number of hydrogen-bond donors (Lipinski definition) is 1. The van der Waals surface area contributed by atoms with Gasteiger partial charge < -0.3 is 10.1 Å². The van der Waals surface area contributed by atoms with E-state index in [1.807, 2.05) is 0 Å². The number of nitrogens with one attached hydrogen (secondary N) is 1. The molecular weight excluding hydrogens is 254 g/mol. The van der Waals surface area contributed by atoms with Crippen molar-refractivity contribution in [3.63, 3.8) is 0 Å². The molecule has 0 saturated carbocycles. The van der Waals surface area contributed by atoms with Crippen LogP contribution in [0.3, 0.4) is 0 Å². The molecule has 0 bridgehead atoms. The van der Waals surface area contributed by atoms with Crippen molar-refractivity contribution in [2.24, 2.45) is 5.92 Å². The molecule has 106 valence electrons. The monoisotopic (exact) mass is 279 g/mol. The van der Waals surface area contributed by atoms with Crippen LogP contribution in [0.2, 0.25) is 0 Å². The highest BCUT2D eigenvalue weighted by Crippen LogP contribution is 2.38. The third-order valence-corrected chi connectivity index (χ3v) is 5.80. The average Bonchev–Trinajstić information content (AvgIpc) is 2.89. The van der Waals surface area contributed by atoms with Gasteiger partial charge in [-0.25, -0.2) is 0 Å². The maximum absolute atomic E-state index is 5.52. The fourth-order valence-corrected chi connectivity index (χ4v) is 4.86. The van der Waals surface area contributed by atoms with E-state index in [1.165, 1.54) is 38.5 Å². The molecule has 2 heterocycles. The molecule has 1 unspecified atom stereocenters. The zero-order chi connectivity index (χ0) is 13.1. The van der Waals surface area contributed by atoms with Crippen molar-refractivity contribution in [1.82, 2.24) is 5.32 Å². The maximum Gasteiger partial charge on any atom is 0.0469 e. The van der Waals surface area contributed by atoms with Gasteiger partial charge >= 0.3 is 0 Å². The topological polar surface area (TPSA) is 21.3 Å². The molecule has 1 fully saturated rings. The van der Waals surface area contributed by atoms with Gasteiger partial charge in [-0.1, -0.05) is 6.92 Å². The van der Waals surface area contributed by atoms with Gasteiger partial charge in [-0.15, -0.1) is 11.3 Å². The van der Waals surface area contributed by atoms with Crippen LogP contribution in [-0.2, 0) is 17.6 Å². The molecule has 2 nitrogen and oxygen atoms in total. The molecule has 1 atom stereocenters. The fraction of sp³-hybridized carbons (Fsp3) is 0.750. The second-order valence-electron chi connectivity index (χ2n) is 5.79. The van der Waals surface area contributed by atoms with Gasteiger partial charge in [0.05, 0.1) is 0 Å². The normalized spacial score (nSPS) is 22.2. The zero-order valence-corrected chi connectivity index (χ0v) is 12.7. The first-order chi connectivity index (χ1) is 9.38. The number of ether oxygens (including phenoxy) is 1. The summed E-state index contributed by atoms with van der Waals surface area (Å²) in [6.45, 7) is 5.17. The minimum Gasteiger partial charge on any atom is -0.381 e. The van der Waals surface area contributed by atoms with E-state index in [0.29, 0.717) is 6.04 Å². The van der Waals surface area contributed by atoms with Crippen LogP contribution in [0.25, 0.3) is 0 Å². The average molecular weight is 279 g/mol. The predicted molar refractivity (Wildman–Crippen MR) is 80.9 cm³/mol. The first kappa shape index (κ1) is 13.6. The standard InChI is InChI=1S/C16H25NOS/c1-2-17-16(12-7-9-18-10-8-12)15-11-13-5-3-4-6-14(13)19-15/h11-12,16-17H,2-10H2,1H3. The van der Waals surface area contributed by atoms with Crippen LogP contribution in [0.4, 0.5) is 0 Å². The van der Waals surface area contributed by atoms with Gasteiger partial charge in [0.15, 0.2) is 0 Å². The van der Waals surface area contributed by atoms with Crippen molar-refractivity contribution in [1.29, 1.82) is 0 Å². The number of hydrogen-bond acceptors (Lipinski definition) is 3. The van der Waals surface area contributed by atoms with Gasteiger partial charge in [0, 0.05) is 29.0 Å². The third kappa shape index (κ3) is 3.04. The molecule has 1 aliphatic carbocycles. The molecule has 19 heavy (non-hydrogen) atoms. The number of fused-ring (bicyclic) bond motifs is 1. The Hall–Kier alpha value is -0.380. The van der Waals surface area contributed by atoms with E-state index in [9.17, 15) is 0 Å². The van der Waals surface area contributed by atoms with E-state index in [1.54, 1.807) is 15.3 Å². The van der Waals surface area contributed by atoms with Gasteiger partial charge in [0.25, 0.3) is 0 Å². The molecule has 3 heteroatoms. The van der Waals surface area contributed by atoms with E-state index in [4.69, 9.17) is 4.74 Å². The molecule has 1 saturated heterocycles. The van der Waals surface area contributed by atoms with E-state index in [2.05, 4.69) is 29.6 Å². The first-order valence-electron chi connectivity index (χ1n) is 7.81. The third-order valence-electron chi connectivity index (χ3n) is 4.48. The molecule has 0 radical (unpaired) electrons. The molecule has 3 rings (SSSR count). The Morgan fingerprint density at radius 2 is 2.11 bits per heavy atom. The van der Waals surface area contributed by atoms with Gasteiger partial charge in [0.2, 0.25) is 0 Å². The van der Waals surface area contributed by atoms with Crippen LogP contribution < -0.4 is 5.32 Å². The van der Waals surface area contributed by atoms with Crippen molar-refractivity contribution in [2.75, 3.05) is 19.8 Å². The predicted octanol–water partition coefficient (Wildman–Crippen LogP) is 3.70. The maximum atomic E-state index is 5.52. The molecule has 1 N–H and O–H groups in total. The molecule has 1 aromatic heterocycles. The number of rotatable bonds is 4. The highest BCUT2D eigenvalue weighted by molar-refractivity contribution is 7.12. The highest BCUT2D eigenvalue weighted by Gasteiger charge is 2.27. The van der Waals surface area contributed by atoms with Crippen molar-refractivity contribution >= 4 is 11.3 Å². The first-order valence-corrected chi connectivity index (χ1v) is 8.62. The van der Waals surface area contributed by atoms with Crippen LogP contribution in [-0.4, -0.2) is 19.8 Å². The summed E-state index contributed by atoms with van der Waals surface area (Å²) in [6, 6.07) is 3.06. The zero-order valence-electron chi connectivity index (χ0n) is 11.9. The van der Waals surface area contributed by atoms with Gasteiger partial charge in [-0.3, -0.25) is 0 Å². The summed E-state index contributed by atoms with van der Waals surface area (Å²) in [7, 11) is 0. The van der Waals surface area contributed by atoms with Crippen molar-refractivity contribution < 1.29 is 4.74 Å². The Labute approximate surface area is 120 Å². The van der Waals surface area contributed by atoms with Crippen molar-refractivity contribution in [3.05, 3.63) is 21.4 Å². The lowest BCUT2D eigenvalue weighted by atomic mass is 9.90. The Kier molecular flexibility index (Phi) is 4.57. The SMILES string of the molecule is CCNC(c1cc2c(s1)CCCC2)C1CCOCC1. The lowest BCUT2D eigenvalue weighted by molar-refractivity contribution is 0.0542. The van der Waals surface area contributed by atoms with E-state index < -0.39 is 0 Å². The molecule has 0 spiro atoms. The van der Waals surface area contributed by atoms with Crippen LogP contribution in [0.15, 0.2) is 6.07 Å². The minimum atomic E-state index is 0.560. The molecule has 1 aliphatic heterocycles.